The van der Waals surface area contributed by atoms with Gasteiger partial charge in [-0.2, -0.15) is 0 Å². The van der Waals surface area contributed by atoms with E-state index in [4.69, 9.17) is 0 Å². The number of hydrogen-bond acceptors (Lipinski definition) is 5. The first-order valence-corrected chi connectivity index (χ1v) is 9.49. The molecule has 1 aromatic carbocycles. The number of thioether (sulfide) groups is 1. The van der Waals surface area contributed by atoms with E-state index in [1.807, 2.05) is 54.8 Å². The highest BCUT2D eigenvalue weighted by Gasteiger charge is 2.15. The van der Waals surface area contributed by atoms with Crippen LogP contribution in [0.3, 0.4) is 0 Å². The summed E-state index contributed by atoms with van der Waals surface area (Å²) >= 11 is 1.36. The maximum absolute atomic E-state index is 12.3. The molecule has 3 aromatic rings. The fourth-order valence-electron chi connectivity index (χ4n) is 2.49. The smallest absolute Gasteiger partial charge is 0.234 e. The monoisotopic (exact) mass is 379 g/mol. The molecule has 0 aliphatic rings. The number of pyridine rings is 1. The van der Waals surface area contributed by atoms with Crippen LogP contribution in [0.1, 0.15) is 12.5 Å². The number of aromatic nitrogens is 4. The molecule has 2 aromatic heterocycles. The van der Waals surface area contributed by atoms with Gasteiger partial charge in [-0.15, -0.1) is 10.2 Å². The molecule has 0 saturated heterocycles. The van der Waals surface area contributed by atoms with Gasteiger partial charge in [0.05, 0.1) is 5.75 Å². The Labute approximate surface area is 162 Å². The van der Waals surface area contributed by atoms with Crippen molar-refractivity contribution in [1.29, 1.82) is 0 Å². The van der Waals surface area contributed by atoms with Crippen LogP contribution in [0.4, 0.5) is 5.69 Å². The van der Waals surface area contributed by atoms with Gasteiger partial charge in [0.2, 0.25) is 5.91 Å². The number of rotatable bonds is 7. The molecule has 27 heavy (non-hydrogen) atoms. The van der Waals surface area contributed by atoms with Gasteiger partial charge in [-0.25, -0.2) is 0 Å². The number of carbonyl (C=O) groups excluding carboxylic acids is 1. The normalized spacial score (nSPS) is 10.6. The summed E-state index contributed by atoms with van der Waals surface area (Å²) in [6, 6.07) is 11.5. The van der Waals surface area contributed by atoms with Gasteiger partial charge in [-0.3, -0.25) is 14.3 Å². The zero-order valence-electron chi connectivity index (χ0n) is 15.3. The summed E-state index contributed by atoms with van der Waals surface area (Å²) in [5.74, 6) is 0.902. The first kappa shape index (κ1) is 18.8. The average Bonchev–Trinajstić information content (AvgIpc) is 3.04. The van der Waals surface area contributed by atoms with E-state index in [1.54, 1.807) is 12.4 Å². The van der Waals surface area contributed by atoms with E-state index in [0.717, 1.165) is 28.2 Å². The van der Waals surface area contributed by atoms with E-state index < -0.39 is 0 Å². The molecule has 0 bridgehead atoms. The molecule has 2 heterocycles. The van der Waals surface area contributed by atoms with Crippen LogP contribution in [-0.2, 0) is 11.3 Å². The predicted molar refractivity (Wildman–Crippen MR) is 109 cm³/mol. The average molecular weight is 379 g/mol. The minimum atomic E-state index is -0.0841. The predicted octanol–water partition coefficient (Wildman–Crippen LogP) is 3.96. The number of nitrogens with one attached hydrogen (secondary N) is 1. The quantitative estimate of drug-likeness (QED) is 0.497. The van der Waals surface area contributed by atoms with Gasteiger partial charge in [0.1, 0.15) is 0 Å². The molecule has 0 spiro atoms. The van der Waals surface area contributed by atoms with Crippen molar-refractivity contribution in [3.8, 4) is 11.4 Å². The molecule has 0 atom stereocenters. The summed E-state index contributed by atoms with van der Waals surface area (Å²) in [6.07, 6.45) is 3.44. The molecule has 6 nitrogen and oxygen atoms in total. The van der Waals surface area contributed by atoms with Crippen molar-refractivity contribution in [2.24, 2.45) is 0 Å². The van der Waals surface area contributed by atoms with Gasteiger partial charge in [-0.05, 0) is 38.1 Å². The number of benzene rings is 1. The molecule has 0 fully saturated rings. The number of carbonyl (C=O) groups is 1. The third-order valence-corrected chi connectivity index (χ3v) is 4.72. The number of amides is 1. The highest BCUT2D eigenvalue weighted by Crippen LogP contribution is 2.24. The summed E-state index contributed by atoms with van der Waals surface area (Å²) < 4.78 is 1.97. The molecule has 0 saturated carbocycles. The van der Waals surface area contributed by atoms with Crippen molar-refractivity contribution >= 4 is 23.4 Å². The summed E-state index contributed by atoms with van der Waals surface area (Å²) in [5, 5.41) is 12.2. The van der Waals surface area contributed by atoms with Crippen molar-refractivity contribution in [1.82, 2.24) is 19.7 Å². The molecule has 0 aliphatic heterocycles. The van der Waals surface area contributed by atoms with Crippen LogP contribution >= 0.6 is 11.8 Å². The molecule has 0 radical (unpaired) electrons. The highest BCUT2D eigenvalue weighted by molar-refractivity contribution is 7.99. The Morgan fingerprint density at radius 3 is 2.52 bits per heavy atom. The molecule has 7 heteroatoms. The largest absolute Gasteiger partial charge is 0.325 e. The van der Waals surface area contributed by atoms with Crippen molar-refractivity contribution < 1.29 is 4.79 Å². The van der Waals surface area contributed by atoms with Gasteiger partial charge < -0.3 is 5.32 Å². The minimum Gasteiger partial charge on any atom is -0.325 e. The summed E-state index contributed by atoms with van der Waals surface area (Å²) in [7, 11) is 0. The second-order valence-electron chi connectivity index (χ2n) is 6.29. The zero-order valence-corrected chi connectivity index (χ0v) is 16.2. The van der Waals surface area contributed by atoms with Gasteiger partial charge in [0.15, 0.2) is 11.0 Å². The maximum Gasteiger partial charge on any atom is 0.234 e. The second kappa shape index (κ2) is 8.64. The summed E-state index contributed by atoms with van der Waals surface area (Å²) in [6.45, 7) is 8.54. The summed E-state index contributed by atoms with van der Waals surface area (Å²) in [4.78, 5) is 16.3. The SMILES string of the molecule is C=C(C)Cn1c(SCC(=O)Nc2ccc(C)cc2)nnc1-c1ccncc1. The molecule has 0 unspecified atom stereocenters. The Kier molecular flexibility index (Phi) is 6.03. The molecular weight excluding hydrogens is 358 g/mol. The van der Waals surface area contributed by atoms with E-state index >= 15 is 0 Å². The van der Waals surface area contributed by atoms with E-state index in [-0.39, 0.29) is 11.7 Å². The van der Waals surface area contributed by atoms with Crippen molar-refractivity contribution in [3.05, 3.63) is 66.5 Å². The fraction of sp³-hybridized carbons (Fsp3) is 0.200. The Balaban J connectivity index is 1.72. The number of allylic oxidation sites excluding steroid dienone is 1. The minimum absolute atomic E-state index is 0.0841. The zero-order chi connectivity index (χ0) is 19.2. The third-order valence-electron chi connectivity index (χ3n) is 3.75. The van der Waals surface area contributed by atoms with Crippen LogP contribution < -0.4 is 5.32 Å². The molecule has 1 amide bonds. The Morgan fingerprint density at radius 2 is 1.85 bits per heavy atom. The van der Waals surface area contributed by atoms with Crippen LogP contribution in [0.15, 0.2) is 66.1 Å². The van der Waals surface area contributed by atoms with Crippen molar-refractivity contribution in [2.45, 2.75) is 25.5 Å². The second-order valence-corrected chi connectivity index (χ2v) is 7.23. The Morgan fingerprint density at radius 1 is 1.15 bits per heavy atom. The lowest BCUT2D eigenvalue weighted by atomic mass is 10.2. The van der Waals surface area contributed by atoms with Crippen LogP contribution in [0.25, 0.3) is 11.4 Å². The van der Waals surface area contributed by atoms with E-state index in [2.05, 4.69) is 27.1 Å². The molecular formula is C20H21N5OS. The standard InChI is InChI=1S/C20H21N5OS/c1-14(2)12-25-19(16-8-10-21-11-9-16)23-24-20(25)27-13-18(26)22-17-6-4-15(3)5-7-17/h4-11H,1,12-13H2,2-3H3,(H,22,26). The number of anilines is 1. The van der Waals surface area contributed by atoms with Gasteiger partial charge >= 0.3 is 0 Å². The van der Waals surface area contributed by atoms with Crippen molar-refractivity contribution in [3.63, 3.8) is 0 Å². The Hall–Kier alpha value is -2.93. The van der Waals surface area contributed by atoms with Crippen LogP contribution in [0.5, 0.6) is 0 Å². The maximum atomic E-state index is 12.3. The van der Waals surface area contributed by atoms with Gasteiger partial charge in [0.25, 0.3) is 0 Å². The molecule has 3 rings (SSSR count). The summed E-state index contributed by atoms with van der Waals surface area (Å²) in [5.41, 5.74) is 3.84. The van der Waals surface area contributed by atoms with Crippen molar-refractivity contribution in [2.75, 3.05) is 11.1 Å². The lowest BCUT2D eigenvalue weighted by Crippen LogP contribution is -2.14. The van der Waals surface area contributed by atoms with E-state index in [1.165, 1.54) is 11.8 Å². The number of nitrogens with zero attached hydrogens (tertiary/aromatic N) is 4. The number of aryl methyl sites for hydroxylation is 1. The Bertz CT molecular complexity index is 935. The topological polar surface area (TPSA) is 72.7 Å². The first-order valence-electron chi connectivity index (χ1n) is 8.50. The number of hydrogen-bond donors (Lipinski definition) is 1. The van der Waals surface area contributed by atoms with Gasteiger partial charge in [-0.1, -0.05) is 41.6 Å². The molecule has 1 N–H and O–H groups in total. The van der Waals surface area contributed by atoms with Crippen LogP contribution in [0.2, 0.25) is 0 Å². The first-order chi connectivity index (χ1) is 13.0. The third kappa shape index (κ3) is 5.04. The fourth-order valence-corrected chi connectivity index (χ4v) is 3.22. The molecule has 0 aliphatic carbocycles. The molecule has 138 valence electrons. The van der Waals surface area contributed by atoms with Crippen LogP contribution in [-0.4, -0.2) is 31.4 Å². The van der Waals surface area contributed by atoms with Crippen LogP contribution in [0, 0.1) is 6.92 Å². The van der Waals surface area contributed by atoms with E-state index in [9.17, 15) is 4.79 Å². The lowest BCUT2D eigenvalue weighted by molar-refractivity contribution is -0.113. The van der Waals surface area contributed by atoms with Gasteiger partial charge in [0, 0.05) is 30.2 Å². The lowest BCUT2D eigenvalue weighted by Gasteiger charge is -2.10. The highest BCUT2D eigenvalue weighted by atomic mass is 32.2. The van der Waals surface area contributed by atoms with E-state index in [0.29, 0.717) is 11.7 Å².